The molecule has 2 N–H and O–H groups in total. The molecule has 0 rings (SSSR count). The van der Waals surface area contributed by atoms with Gasteiger partial charge in [0.15, 0.2) is 6.04 Å². The molecule has 5 nitrogen and oxygen atoms in total. The fourth-order valence-electron chi connectivity index (χ4n) is 1.00. The zero-order valence-corrected chi connectivity index (χ0v) is 9.42. The molecule has 0 saturated heterocycles. The number of ether oxygens (including phenoxy) is 2. The van der Waals surface area contributed by atoms with Crippen LogP contribution in [-0.4, -0.2) is 31.1 Å². The molecule has 0 aromatic rings. The van der Waals surface area contributed by atoms with E-state index in [1.54, 1.807) is 13.8 Å². The van der Waals surface area contributed by atoms with Crippen LogP contribution in [0.25, 0.3) is 0 Å². The fourth-order valence-corrected chi connectivity index (χ4v) is 1.00. The number of nitrogens with one attached hydrogen (secondary N) is 2. The van der Waals surface area contributed by atoms with Crippen LogP contribution in [0.2, 0.25) is 0 Å². The zero-order valence-electron chi connectivity index (χ0n) is 9.42. The first-order chi connectivity index (χ1) is 7.02. The van der Waals surface area contributed by atoms with E-state index < -0.39 is 6.04 Å². The SMILES string of the molecule is C=C(OCC)C(NC(C)=O)C(=N)OCC. The highest BCUT2D eigenvalue weighted by atomic mass is 16.5. The van der Waals surface area contributed by atoms with Gasteiger partial charge in [-0.25, -0.2) is 0 Å². The molecule has 0 spiro atoms. The summed E-state index contributed by atoms with van der Waals surface area (Å²) in [5.74, 6) is -0.0115. The molecular weight excluding hydrogens is 196 g/mol. The van der Waals surface area contributed by atoms with Gasteiger partial charge >= 0.3 is 0 Å². The van der Waals surface area contributed by atoms with E-state index in [0.29, 0.717) is 19.0 Å². The summed E-state index contributed by atoms with van der Waals surface area (Å²) in [4.78, 5) is 10.9. The van der Waals surface area contributed by atoms with Gasteiger partial charge in [-0.1, -0.05) is 6.58 Å². The molecule has 1 unspecified atom stereocenters. The number of hydrogen-bond acceptors (Lipinski definition) is 4. The van der Waals surface area contributed by atoms with Gasteiger partial charge in [0.05, 0.1) is 13.2 Å². The molecule has 0 saturated carbocycles. The molecule has 1 atom stereocenters. The standard InChI is InChI=1S/C10H18N2O3/c1-5-14-7(3)9(12-8(4)13)10(11)15-6-2/h9,11H,3,5-6H2,1-2,4H3,(H,12,13). The summed E-state index contributed by atoms with van der Waals surface area (Å²) < 4.78 is 10.1. The lowest BCUT2D eigenvalue weighted by Gasteiger charge is -2.20. The maximum absolute atomic E-state index is 10.9. The smallest absolute Gasteiger partial charge is 0.217 e. The summed E-state index contributed by atoms with van der Waals surface area (Å²) in [6.07, 6.45) is 0. The van der Waals surface area contributed by atoms with Crippen LogP contribution in [0, 0.1) is 5.41 Å². The van der Waals surface area contributed by atoms with Gasteiger partial charge in [0.1, 0.15) is 5.76 Å². The summed E-state index contributed by atoms with van der Waals surface area (Å²) >= 11 is 0. The van der Waals surface area contributed by atoms with E-state index in [2.05, 4.69) is 11.9 Å². The molecule has 0 aliphatic carbocycles. The maximum Gasteiger partial charge on any atom is 0.217 e. The van der Waals surface area contributed by atoms with Crippen LogP contribution >= 0.6 is 0 Å². The molecule has 0 radical (unpaired) electrons. The van der Waals surface area contributed by atoms with Gasteiger partial charge in [-0.3, -0.25) is 10.2 Å². The molecule has 0 aliphatic rings. The van der Waals surface area contributed by atoms with Crippen LogP contribution in [0.15, 0.2) is 12.3 Å². The van der Waals surface area contributed by atoms with Crippen molar-refractivity contribution in [3.63, 3.8) is 0 Å². The third kappa shape index (κ3) is 5.05. The van der Waals surface area contributed by atoms with Gasteiger partial charge < -0.3 is 14.8 Å². The molecule has 15 heavy (non-hydrogen) atoms. The minimum absolute atomic E-state index is 0.0637. The Bertz CT molecular complexity index is 233. The van der Waals surface area contributed by atoms with Crippen LogP contribution in [0.4, 0.5) is 0 Å². The lowest BCUT2D eigenvalue weighted by Crippen LogP contribution is -2.42. The van der Waals surface area contributed by atoms with Crippen LogP contribution in [0.1, 0.15) is 20.8 Å². The molecular formula is C10H18N2O3. The van der Waals surface area contributed by atoms with Gasteiger partial charge in [-0.05, 0) is 13.8 Å². The van der Waals surface area contributed by atoms with Gasteiger partial charge in [-0.2, -0.15) is 0 Å². The van der Waals surface area contributed by atoms with Crippen molar-refractivity contribution in [1.29, 1.82) is 5.41 Å². The second-order valence-corrected chi connectivity index (χ2v) is 2.83. The number of carbonyl (C=O) groups excluding carboxylic acids is 1. The highest BCUT2D eigenvalue weighted by molar-refractivity contribution is 5.87. The van der Waals surface area contributed by atoms with E-state index in [4.69, 9.17) is 14.9 Å². The van der Waals surface area contributed by atoms with E-state index in [0.717, 1.165) is 0 Å². The molecule has 1 amide bonds. The predicted octanol–water partition coefficient (Wildman–Crippen LogP) is 1.06. The summed E-state index contributed by atoms with van der Waals surface area (Å²) in [5, 5.41) is 10.1. The molecule has 0 bridgehead atoms. The van der Waals surface area contributed by atoms with Crippen LogP contribution in [0.3, 0.4) is 0 Å². The van der Waals surface area contributed by atoms with Crippen LogP contribution < -0.4 is 5.32 Å². The van der Waals surface area contributed by atoms with E-state index in [9.17, 15) is 4.79 Å². The first-order valence-corrected chi connectivity index (χ1v) is 4.82. The fraction of sp³-hybridized carbons (Fsp3) is 0.600. The minimum atomic E-state index is -0.706. The molecule has 0 aliphatic heterocycles. The monoisotopic (exact) mass is 214 g/mol. The largest absolute Gasteiger partial charge is 0.496 e. The van der Waals surface area contributed by atoms with Gasteiger partial charge in [0.2, 0.25) is 11.8 Å². The van der Waals surface area contributed by atoms with Crippen molar-refractivity contribution in [3.05, 3.63) is 12.3 Å². The Kier molecular flexibility index (Phi) is 6.17. The van der Waals surface area contributed by atoms with Crippen molar-refractivity contribution in [2.45, 2.75) is 26.8 Å². The third-order valence-electron chi connectivity index (χ3n) is 1.56. The molecule has 0 heterocycles. The van der Waals surface area contributed by atoms with Crippen molar-refractivity contribution in [3.8, 4) is 0 Å². The Labute approximate surface area is 90.0 Å². The highest BCUT2D eigenvalue weighted by Gasteiger charge is 2.21. The quantitative estimate of drug-likeness (QED) is 0.394. The number of rotatable bonds is 6. The Hall–Kier alpha value is -1.52. The van der Waals surface area contributed by atoms with E-state index in [1.807, 2.05) is 0 Å². The second-order valence-electron chi connectivity index (χ2n) is 2.83. The number of hydrogen-bond donors (Lipinski definition) is 2. The van der Waals surface area contributed by atoms with Crippen molar-refractivity contribution in [2.24, 2.45) is 0 Å². The number of amides is 1. The topological polar surface area (TPSA) is 71.4 Å². The summed E-state index contributed by atoms with van der Waals surface area (Å²) in [7, 11) is 0. The van der Waals surface area contributed by atoms with Crippen molar-refractivity contribution < 1.29 is 14.3 Å². The molecule has 0 fully saturated rings. The predicted molar refractivity (Wildman–Crippen MR) is 57.7 cm³/mol. The third-order valence-corrected chi connectivity index (χ3v) is 1.56. The molecule has 5 heteroatoms. The Morgan fingerprint density at radius 2 is 1.93 bits per heavy atom. The number of carbonyl (C=O) groups is 1. The lowest BCUT2D eigenvalue weighted by atomic mass is 10.2. The van der Waals surface area contributed by atoms with E-state index >= 15 is 0 Å². The lowest BCUT2D eigenvalue weighted by molar-refractivity contribution is -0.119. The molecule has 0 aromatic carbocycles. The average molecular weight is 214 g/mol. The van der Waals surface area contributed by atoms with Crippen molar-refractivity contribution in [2.75, 3.05) is 13.2 Å². The van der Waals surface area contributed by atoms with E-state index in [1.165, 1.54) is 6.92 Å². The van der Waals surface area contributed by atoms with Crippen LogP contribution in [0.5, 0.6) is 0 Å². The Morgan fingerprint density at radius 1 is 1.40 bits per heavy atom. The van der Waals surface area contributed by atoms with Crippen molar-refractivity contribution >= 4 is 11.8 Å². The first kappa shape index (κ1) is 13.5. The summed E-state index contributed by atoms with van der Waals surface area (Å²) in [6, 6.07) is -0.706. The average Bonchev–Trinajstić information content (AvgIpc) is 2.14. The van der Waals surface area contributed by atoms with E-state index in [-0.39, 0.29) is 11.8 Å². The van der Waals surface area contributed by atoms with Gasteiger partial charge in [0.25, 0.3) is 0 Å². The molecule has 86 valence electrons. The van der Waals surface area contributed by atoms with Crippen molar-refractivity contribution in [1.82, 2.24) is 5.32 Å². The minimum Gasteiger partial charge on any atom is -0.496 e. The Morgan fingerprint density at radius 3 is 2.33 bits per heavy atom. The zero-order chi connectivity index (χ0) is 11.8. The van der Waals surface area contributed by atoms with Gasteiger partial charge in [-0.15, -0.1) is 0 Å². The molecule has 0 aromatic heterocycles. The summed E-state index contributed by atoms with van der Waals surface area (Å²) in [6.45, 7) is 9.39. The highest BCUT2D eigenvalue weighted by Crippen LogP contribution is 2.04. The van der Waals surface area contributed by atoms with Crippen LogP contribution in [-0.2, 0) is 14.3 Å². The maximum atomic E-state index is 10.9. The first-order valence-electron chi connectivity index (χ1n) is 4.82. The summed E-state index contributed by atoms with van der Waals surface area (Å²) in [5.41, 5.74) is 0. The second kappa shape index (κ2) is 6.86. The van der Waals surface area contributed by atoms with Gasteiger partial charge in [0, 0.05) is 6.92 Å². The Balaban J connectivity index is 4.49. The normalized spacial score (nSPS) is 11.4.